The van der Waals surface area contributed by atoms with Crippen molar-refractivity contribution in [1.29, 1.82) is 0 Å². The molecule has 0 N–H and O–H groups in total. The number of rotatable bonds is 3. The molecule has 0 bridgehead atoms. The molecule has 0 aliphatic carbocycles. The summed E-state index contributed by atoms with van der Waals surface area (Å²) in [6, 6.07) is 0. The third-order valence-electron chi connectivity index (χ3n) is 4.54. The number of nitrogens with zero attached hydrogens (tertiary/aromatic N) is 3. The fraction of sp³-hybridized carbons (Fsp3) is 0.667. The molecule has 136 valence electrons. The average molecular weight is 380 g/mol. The molecular weight excluding hydrogens is 354 g/mol. The van der Waals surface area contributed by atoms with E-state index in [2.05, 4.69) is 32.6 Å². The van der Waals surface area contributed by atoms with Crippen LogP contribution >= 0.6 is 23.1 Å². The largest absolute Gasteiger partial charge is 0.378 e. The van der Waals surface area contributed by atoms with Crippen molar-refractivity contribution >= 4 is 39.1 Å². The molecular formula is C18H25N3O2S2. The van der Waals surface area contributed by atoms with Crippen LogP contribution in [0.4, 0.5) is 5.82 Å². The van der Waals surface area contributed by atoms with Crippen molar-refractivity contribution in [1.82, 2.24) is 9.97 Å². The molecule has 0 amide bonds. The van der Waals surface area contributed by atoms with Crippen molar-refractivity contribution in [3.05, 3.63) is 10.4 Å². The molecule has 0 radical (unpaired) electrons. The first-order chi connectivity index (χ1) is 11.9. The van der Waals surface area contributed by atoms with Gasteiger partial charge in [0.05, 0.1) is 30.8 Å². The lowest BCUT2D eigenvalue weighted by molar-refractivity contribution is -0.0379. The van der Waals surface area contributed by atoms with Crippen molar-refractivity contribution in [3.63, 3.8) is 0 Å². The lowest BCUT2D eigenvalue weighted by Crippen LogP contribution is -2.37. The normalized spacial score (nSPS) is 20.3. The second kappa shape index (κ2) is 6.68. The third-order valence-corrected chi connectivity index (χ3v) is 6.51. The van der Waals surface area contributed by atoms with Gasteiger partial charge in [-0.05, 0) is 19.4 Å². The van der Waals surface area contributed by atoms with Crippen LogP contribution in [0.15, 0.2) is 5.16 Å². The van der Waals surface area contributed by atoms with Gasteiger partial charge in [0.25, 0.3) is 0 Å². The first-order valence-electron chi connectivity index (χ1n) is 8.88. The highest BCUT2D eigenvalue weighted by atomic mass is 32.2. The Hall–Kier alpha value is -0.890. The number of hydrogen-bond acceptors (Lipinski definition) is 7. The number of ether oxygens (including phenoxy) is 2. The summed E-state index contributed by atoms with van der Waals surface area (Å²) < 4.78 is 11.6. The minimum Gasteiger partial charge on any atom is -0.378 e. The molecule has 0 unspecified atom stereocenters. The summed E-state index contributed by atoms with van der Waals surface area (Å²) in [4.78, 5) is 14.6. The summed E-state index contributed by atoms with van der Waals surface area (Å²) in [6.07, 6.45) is 0.916. The Labute approximate surface area is 157 Å². The summed E-state index contributed by atoms with van der Waals surface area (Å²) in [5.41, 5.74) is 1.26. The quantitative estimate of drug-likeness (QED) is 0.596. The molecule has 7 heteroatoms. The van der Waals surface area contributed by atoms with Crippen LogP contribution in [0.3, 0.4) is 0 Å². The van der Waals surface area contributed by atoms with E-state index in [1.165, 1.54) is 15.8 Å². The predicted molar refractivity (Wildman–Crippen MR) is 104 cm³/mol. The number of thiophene rings is 1. The zero-order chi connectivity index (χ0) is 17.6. The molecule has 2 aromatic heterocycles. The van der Waals surface area contributed by atoms with Gasteiger partial charge in [-0.3, -0.25) is 0 Å². The third kappa shape index (κ3) is 3.52. The first kappa shape index (κ1) is 17.5. The molecule has 2 aliphatic rings. The van der Waals surface area contributed by atoms with E-state index in [1.54, 1.807) is 23.1 Å². The smallest absolute Gasteiger partial charge is 0.191 e. The highest BCUT2D eigenvalue weighted by molar-refractivity contribution is 7.99. The van der Waals surface area contributed by atoms with Crippen molar-refractivity contribution in [3.8, 4) is 0 Å². The van der Waals surface area contributed by atoms with Gasteiger partial charge in [0.15, 0.2) is 5.16 Å². The zero-order valence-corrected chi connectivity index (χ0v) is 16.9. The molecule has 5 nitrogen and oxygen atoms in total. The van der Waals surface area contributed by atoms with E-state index < -0.39 is 0 Å². The van der Waals surface area contributed by atoms with Gasteiger partial charge in [0, 0.05) is 29.6 Å². The van der Waals surface area contributed by atoms with Crippen molar-refractivity contribution in [2.75, 3.05) is 31.2 Å². The van der Waals surface area contributed by atoms with E-state index in [0.717, 1.165) is 48.5 Å². The van der Waals surface area contributed by atoms with E-state index in [1.807, 2.05) is 0 Å². The van der Waals surface area contributed by atoms with E-state index in [9.17, 15) is 0 Å². The molecule has 4 rings (SSSR count). The maximum Gasteiger partial charge on any atom is 0.191 e. The monoisotopic (exact) mass is 379 g/mol. The standard InChI is InChI=1S/C18H25N3O2S2/c1-11(2)24-17-19-15(21-5-7-22-8-6-21)14-12-9-18(3,4)23-10-13(12)25-16(14)20-17/h11H,5-10H2,1-4H3. The van der Waals surface area contributed by atoms with Crippen LogP contribution in [0.25, 0.3) is 10.2 Å². The lowest BCUT2D eigenvalue weighted by Gasteiger charge is -2.32. The van der Waals surface area contributed by atoms with E-state index in [-0.39, 0.29) is 5.60 Å². The van der Waals surface area contributed by atoms with Crippen LogP contribution in [0.5, 0.6) is 0 Å². The fourth-order valence-electron chi connectivity index (χ4n) is 3.37. The van der Waals surface area contributed by atoms with Crippen molar-refractivity contribution in [2.24, 2.45) is 0 Å². The van der Waals surface area contributed by atoms with Crippen LogP contribution in [-0.4, -0.2) is 47.1 Å². The molecule has 0 spiro atoms. The predicted octanol–water partition coefficient (Wildman–Crippen LogP) is 3.88. The summed E-state index contributed by atoms with van der Waals surface area (Å²) in [5, 5.41) is 2.58. The second-order valence-electron chi connectivity index (χ2n) is 7.50. The Morgan fingerprint density at radius 2 is 1.96 bits per heavy atom. The Balaban J connectivity index is 1.87. The highest BCUT2D eigenvalue weighted by Crippen LogP contribution is 2.42. The number of anilines is 1. The summed E-state index contributed by atoms with van der Waals surface area (Å²) in [7, 11) is 0. The zero-order valence-electron chi connectivity index (χ0n) is 15.3. The topological polar surface area (TPSA) is 47.5 Å². The molecule has 25 heavy (non-hydrogen) atoms. The number of aromatic nitrogens is 2. The summed E-state index contributed by atoms with van der Waals surface area (Å²) in [6.45, 7) is 12.7. The second-order valence-corrected chi connectivity index (χ2v) is 10.1. The van der Waals surface area contributed by atoms with Crippen molar-refractivity contribution < 1.29 is 9.47 Å². The van der Waals surface area contributed by atoms with Gasteiger partial charge in [-0.1, -0.05) is 25.6 Å². The lowest BCUT2D eigenvalue weighted by atomic mass is 9.94. The molecule has 1 saturated heterocycles. The average Bonchev–Trinajstić information content (AvgIpc) is 2.91. The Morgan fingerprint density at radius 3 is 2.68 bits per heavy atom. The van der Waals surface area contributed by atoms with Gasteiger partial charge in [0.2, 0.25) is 0 Å². The molecule has 2 aromatic rings. The van der Waals surface area contributed by atoms with Gasteiger partial charge in [-0.15, -0.1) is 11.3 Å². The summed E-state index contributed by atoms with van der Waals surface area (Å²) >= 11 is 3.50. The van der Waals surface area contributed by atoms with Crippen LogP contribution < -0.4 is 4.90 Å². The molecule has 0 atom stereocenters. The number of fused-ring (bicyclic) bond motifs is 3. The van der Waals surface area contributed by atoms with Gasteiger partial charge in [-0.2, -0.15) is 0 Å². The van der Waals surface area contributed by atoms with Crippen molar-refractivity contribution in [2.45, 2.75) is 56.7 Å². The highest BCUT2D eigenvalue weighted by Gasteiger charge is 2.32. The van der Waals surface area contributed by atoms with Gasteiger partial charge >= 0.3 is 0 Å². The molecule has 0 saturated carbocycles. The Bertz CT molecular complexity index is 782. The van der Waals surface area contributed by atoms with E-state index in [4.69, 9.17) is 19.4 Å². The molecule has 2 aliphatic heterocycles. The van der Waals surface area contributed by atoms with E-state index >= 15 is 0 Å². The Kier molecular flexibility index (Phi) is 4.68. The van der Waals surface area contributed by atoms with Crippen LogP contribution in [-0.2, 0) is 22.5 Å². The van der Waals surface area contributed by atoms with Crippen LogP contribution in [0.1, 0.15) is 38.1 Å². The minimum absolute atomic E-state index is 0.130. The fourth-order valence-corrected chi connectivity index (χ4v) is 5.23. The Morgan fingerprint density at radius 1 is 1.20 bits per heavy atom. The SMILES string of the molecule is CC(C)Sc1nc(N2CCOCC2)c2c3c(sc2n1)COC(C)(C)C3. The molecule has 1 fully saturated rings. The van der Waals surface area contributed by atoms with Crippen LogP contribution in [0, 0.1) is 0 Å². The number of morpholine rings is 1. The molecule has 0 aromatic carbocycles. The van der Waals surface area contributed by atoms with Gasteiger partial charge in [0.1, 0.15) is 10.6 Å². The van der Waals surface area contributed by atoms with Crippen LogP contribution in [0.2, 0.25) is 0 Å². The number of hydrogen-bond donors (Lipinski definition) is 0. The maximum absolute atomic E-state index is 6.02. The van der Waals surface area contributed by atoms with E-state index in [0.29, 0.717) is 11.9 Å². The molecule has 4 heterocycles. The summed E-state index contributed by atoms with van der Waals surface area (Å²) in [5.74, 6) is 1.09. The number of thioether (sulfide) groups is 1. The van der Waals surface area contributed by atoms with Gasteiger partial charge in [-0.25, -0.2) is 9.97 Å². The minimum atomic E-state index is -0.130. The maximum atomic E-state index is 6.02. The first-order valence-corrected chi connectivity index (χ1v) is 10.6. The van der Waals surface area contributed by atoms with Gasteiger partial charge < -0.3 is 14.4 Å².